The van der Waals surface area contributed by atoms with Crippen LogP contribution in [0, 0.1) is 0 Å². The van der Waals surface area contributed by atoms with E-state index >= 15 is 0 Å². The number of benzene rings is 1. The smallest absolute Gasteiger partial charge is 0.205 e. The number of hydrogen-bond acceptors (Lipinski definition) is 1. The van der Waals surface area contributed by atoms with Crippen molar-refractivity contribution < 1.29 is 4.12 Å². The molecule has 0 saturated heterocycles. The lowest BCUT2D eigenvalue weighted by Gasteiger charge is -2.31. The summed E-state index contributed by atoms with van der Waals surface area (Å²) >= 11 is 3.46. The second-order valence-corrected chi connectivity index (χ2v) is 14.8. The molecule has 0 unspecified atom stereocenters. The van der Waals surface area contributed by atoms with Crippen molar-refractivity contribution in [2.45, 2.75) is 32.7 Å². The predicted molar refractivity (Wildman–Crippen MR) is 75.7 cm³/mol. The summed E-state index contributed by atoms with van der Waals surface area (Å²) in [6.45, 7) is 11.3. The van der Waals surface area contributed by atoms with Crippen molar-refractivity contribution in [2.75, 3.05) is 0 Å². The summed E-state index contributed by atoms with van der Waals surface area (Å²) < 4.78 is 7.44. The van der Waals surface area contributed by atoms with Crippen molar-refractivity contribution >= 4 is 37.8 Å². The molecule has 0 saturated carbocycles. The largest absolute Gasteiger partial charge is 0.452 e. The van der Waals surface area contributed by atoms with Crippen LogP contribution in [0.1, 0.15) is 0 Å². The Hall–Kier alpha value is 0.0938. The van der Waals surface area contributed by atoms with E-state index in [4.69, 9.17) is 4.12 Å². The van der Waals surface area contributed by atoms with Crippen LogP contribution in [0.15, 0.2) is 28.7 Å². The highest BCUT2D eigenvalue weighted by Gasteiger charge is 2.31. The molecule has 1 aromatic carbocycles. The summed E-state index contributed by atoms with van der Waals surface area (Å²) in [5.41, 5.74) is 0. The molecule has 0 atom stereocenters. The van der Waals surface area contributed by atoms with Crippen LogP contribution >= 0.6 is 15.9 Å². The maximum absolute atomic E-state index is 6.31. The molecule has 0 heterocycles. The molecule has 0 radical (unpaired) electrons. The first-order valence-corrected chi connectivity index (χ1v) is 12.3. The van der Waals surface area contributed by atoms with Crippen LogP contribution in [0.5, 0.6) is 0 Å². The summed E-state index contributed by atoms with van der Waals surface area (Å²) in [7, 11) is -3.14. The fraction of sp³-hybridized carbons (Fsp3) is 0.455. The number of halogens is 1. The van der Waals surface area contributed by atoms with Crippen molar-refractivity contribution in [1.29, 1.82) is 0 Å². The van der Waals surface area contributed by atoms with E-state index in [0.29, 0.717) is 0 Å². The van der Waals surface area contributed by atoms with E-state index in [1.54, 1.807) is 0 Å². The van der Waals surface area contributed by atoms with Crippen LogP contribution in [0.2, 0.25) is 32.7 Å². The molecule has 1 rings (SSSR count). The van der Waals surface area contributed by atoms with Gasteiger partial charge in [-0.3, -0.25) is 0 Å². The Labute approximate surface area is 103 Å². The lowest BCUT2D eigenvalue weighted by molar-refractivity contribution is 0.566. The maximum Gasteiger partial charge on any atom is 0.205 e. The lowest BCUT2D eigenvalue weighted by atomic mass is 10.4. The van der Waals surface area contributed by atoms with Crippen molar-refractivity contribution in [3.8, 4) is 0 Å². The first-order valence-electron chi connectivity index (χ1n) is 5.17. The third-order valence-corrected chi connectivity index (χ3v) is 8.84. The molecule has 1 aromatic rings. The van der Waals surface area contributed by atoms with Gasteiger partial charge in [-0.15, -0.1) is 0 Å². The summed E-state index contributed by atoms with van der Waals surface area (Å²) in [6, 6.07) is 8.54. The quantitative estimate of drug-likeness (QED) is 0.774. The Balaban J connectivity index is 2.90. The van der Waals surface area contributed by atoms with E-state index in [-0.39, 0.29) is 0 Å². The number of rotatable bonds is 3. The summed E-state index contributed by atoms with van der Waals surface area (Å²) in [5.74, 6) is 0. The highest BCUT2D eigenvalue weighted by atomic mass is 79.9. The van der Waals surface area contributed by atoms with Gasteiger partial charge in [0, 0.05) is 4.47 Å². The Morgan fingerprint density at radius 2 is 1.40 bits per heavy atom. The molecule has 0 amide bonds. The van der Waals surface area contributed by atoms with Crippen molar-refractivity contribution in [1.82, 2.24) is 0 Å². The highest BCUT2D eigenvalue weighted by molar-refractivity contribution is 9.10. The average molecular weight is 303 g/mol. The second kappa shape index (κ2) is 4.53. The average Bonchev–Trinajstić information content (AvgIpc) is 2.00. The van der Waals surface area contributed by atoms with Gasteiger partial charge in [-0.2, -0.15) is 0 Å². The van der Waals surface area contributed by atoms with Crippen LogP contribution < -0.4 is 5.19 Å². The SMILES string of the molecule is C[Si](C)(C)O[Si](C)(C)c1ccc(Br)cc1. The van der Waals surface area contributed by atoms with Gasteiger partial charge >= 0.3 is 0 Å². The van der Waals surface area contributed by atoms with Crippen molar-refractivity contribution in [2.24, 2.45) is 0 Å². The monoisotopic (exact) mass is 302 g/mol. The zero-order valence-electron chi connectivity index (χ0n) is 10.1. The fourth-order valence-corrected chi connectivity index (χ4v) is 9.50. The minimum Gasteiger partial charge on any atom is -0.452 e. The van der Waals surface area contributed by atoms with Gasteiger partial charge in [0.1, 0.15) is 0 Å². The van der Waals surface area contributed by atoms with Crippen LogP contribution in [-0.2, 0) is 4.12 Å². The Kier molecular flexibility index (Phi) is 3.97. The minimum absolute atomic E-state index is 1.13. The van der Waals surface area contributed by atoms with Crippen molar-refractivity contribution in [3.63, 3.8) is 0 Å². The molecule has 4 heteroatoms. The first-order chi connectivity index (χ1) is 6.71. The Bertz CT molecular complexity index is 327. The second-order valence-electron chi connectivity index (χ2n) is 5.23. The Morgan fingerprint density at radius 3 is 1.80 bits per heavy atom. The van der Waals surface area contributed by atoms with Crippen LogP contribution in [-0.4, -0.2) is 16.6 Å². The molecule has 0 aliphatic heterocycles. The molecule has 1 nitrogen and oxygen atoms in total. The van der Waals surface area contributed by atoms with E-state index in [9.17, 15) is 0 Å². The summed E-state index contributed by atoms with van der Waals surface area (Å²) in [6.07, 6.45) is 0. The summed E-state index contributed by atoms with van der Waals surface area (Å²) in [4.78, 5) is 0. The van der Waals surface area contributed by atoms with E-state index in [0.717, 1.165) is 4.47 Å². The van der Waals surface area contributed by atoms with Gasteiger partial charge in [-0.05, 0) is 50.1 Å². The van der Waals surface area contributed by atoms with Gasteiger partial charge in [0.2, 0.25) is 8.32 Å². The molecule has 0 bridgehead atoms. The molecule has 0 aromatic heterocycles. The zero-order valence-corrected chi connectivity index (χ0v) is 13.7. The van der Waals surface area contributed by atoms with Gasteiger partial charge in [-0.25, -0.2) is 0 Å². The van der Waals surface area contributed by atoms with Gasteiger partial charge in [0.05, 0.1) is 0 Å². The molecule has 0 aliphatic rings. The molecule has 84 valence electrons. The van der Waals surface area contributed by atoms with Gasteiger partial charge in [0.15, 0.2) is 8.32 Å². The third kappa shape index (κ3) is 4.22. The number of hydrogen-bond donors (Lipinski definition) is 0. The van der Waals surface area contributed by atoms with Crippen LogP contribution in [0.3, 0.4) is 0 Å². The van der Waals surface area contributed by atoms with Gasteiger partial charge in [-0.1, -0.05) is 28.1 Å². The molecule has 0 N–H and O–H groups in total. The maximum atomic E-state index is 6.31. The lowest BCUT2D eigenvalue weighted by Crippen LogP contribution is -2.51. The van der Waals surface area contributed by atoms with Gasteiger partial charge < -0.3 is 4.12 Å². The molecule has 0 fully saturated rings. The van der Waals surface area contributed by atoms with Crippen LogP contribution in [0.25, 0.3) is 0 Å². The first kappa shape index (κ1) is 13.2. The van der Waals surface area contributed by atoms with E-state index in [1.165, 1.54) is 5.19 Å². The minimum atomic E-state index is -1.70. The van der Waals surface area contributed by atoms with E-state index in [2.05, 4.69) is 72.9 Å². The van der Waals surface area contributed by atoms with E-state index < -0.39 is 16.6 Å². The topological polar surface area (TPSA) is 9.23 Å². The fourth-order valence-electron chi connectivity index (χ4n) is 1.68. The van der Waals surface area contributed by atoms with E-state index in [1.807, 2.05) is 0 Å². The van der Waals surface area contributed by atoms with Gasteiger partial charge in [0.25, 0.3) is 0 Å². The van der Waals surface area contributed by atoms with Crippen LogP contribution in [0.4, 0.5) is 0 Å². The molecular formula is C11H19BrOSi2. The molecule has 0 aliphatic carbocycles. The zero-order chi connectivity index (χ0) is 11.7. The molecule has 15 heavy (non-hydrogen) atoms. The molecule has 0 spiro atoms. The third-order valence-electron chi connectivity index (χ3n) is 2.10. The summed E-state index contributed by atoms with van der Waals surface area (Å²) in [5, 5.41) is 1.37. The predicted octanol–water partition coefficient (Wildman–Crippen LogP) is 3.71. The highest BCUT2D eigenvalue weighted by Crippen LogP contribution is 2.15. The Morgan fingerprint density at radius 1 is 0.933 bits per heavy atom. The normalized spacial score (nSPS) is 12.9. The van der Waals surface area contributed by atoms with Crippen molar-refractivity contribution in [3.05, 3.63) is 28.7 Å². The molecular weight excluding hydrogens is 284 g/mol. The standard InChI is InChI=1S/C11H19BrOSi2/c1-14(2,3)13-15(4,5)11-8-6-10(12)7-9-11/h6-9H,1-5H3.